The topological polar surface area (TPSA) is 59.5 Å². The second kappa shape index (κ2) is 9.38. The van der Waals surface area contributed by atoms with Gasteiger partial charge in [0.05, 0.1) is 22.0 Å². The van der Waals surface area contributed by atoms with Crippen molar-refractivity contribution in [3.05, 3.63) is 74.5 Å². The first-order chi connectivity index (χ1) is 15.2. The van der Waals surface area contributed by atoms with Crippen molar-refractivity contribution in [3.8, 4) is 5.75 Å². The van der Waals surface area contributed by atoms with Gasteiger partial charge in [-0.3, -0.25) is 4.90 Å². The fourth-order valence-electron chi connectivity index (χ4n) is 3.32. The van der Waals surface area contributed by atoms with E-state index >= 15 is 0 Å². The summed E-state index contributed by atoms with van der Waals surface area (Å²) in [4.78, 5) is 5.29. The molecule has 0 unspecified atom stereocenters. The fourth-order valence-corrected chi connectivity index (χ4v) is 5.62. The standard InChI is InChI=1S/C21H18ClF3N2O3S2/c22-16-6-21(32(28,29)11-13-10-31-12-26-13)19(25)7-20(16)30-9-15-14(8-27-4-1-5-27)17(23)2-3-18(15)24/h2-3,6-7,10,12H,1,4-5,8-9,11H2. The highest BCUT2D eigenvalue weighted by molar-refractivity contribution is 7.90. The highest BCUT2D eigenvalue weighted by atomic mass is 35.5. The predicted octanol–water partition coefficient (Wildman–Crippen LogP) is 4.97. The maximum atomic E-state index is 14.7. The molecule has 11 heteroatoms. The molecule has 1 saturated heterocycles. The molecule has 0 aliphatic carbocycles. The number of sulfone groups is 1. The van der Waals surface area contributed by atoms with Crippen molar-refractivity contribution in [1.82, 2.24) is 9.88 Å². The number of nitrogens with zero attached hydrogens (tertiary/aromatic N) is 2. The fraction of sp³-hybridized carbons (Fsp3) is 0.286. The van der Waals surface area contributed by atoms with Crippen molar-refractivity contribution in [3.63, 3.8) is 0 Å². The molecule has 1 aliphatic heterocycles. The maximum absolute atomic E-state index is 14.7. The quantitative estimate of drug-likeness (QED) is 0.435. The second-order valence-corrected chi connectivity index (χ2v) is 10.4. The second-order valence-electron chi connectivity index (χ2n) is 7.36. The Hall–Kier alpha value is -2.14. The molecule has 3 aromatic rings. The lowest BCUT2D eigenvalue weighted by Crippen LogP contribution is -2.37. The van der Waals surface area contributed by atoms with Crippen LogP contribution in [0.4, 0.5) is 13.2 Å². The molecule has 1 aliphatic rings. The van der Waals surface area contributed by atoms with Crippen molar-refractivity contribution >= 4 is 32.8 Å². The molecule has 32 heavy (non-hydrogen) atoms. The van der Waals surface area contributed by atoms with Crippen LogP contribution >= 0.6 is 22.9 Å². The summed E-state index contributed by atoms with van der Waals surface area (Å²) in [6.45, 7) is 1.43. The van der Waals surface area contributed by atoms with Crippen LogP contribution in [0.15, 0.2) is 40.1 Å². The van der Waals surface area contributed by atoms with Crippen molar-refractivity contribution in [1.29, 1.82) is 0 Å². The number of aromatic nitrogens is 1. The Bertz CT molecular complexity index is 1230. The van der Waals surface area contributed by atoms with Crippen LogP contribution < -0.4 is 4.74 Å². The number of likely N-dealkylation sites (tertiary alicyclic amines) is 1. The van der Waals surface area contributed by atoms with Crippen LogP contribution in [-0.4, -0.2) is 31.4 Å². The smallest absolute Gasteiger partial charge is 0.187 e. The van der Waals surface area contributed by atoms with Gasteiger partial charge in [0.25, 0.3) is 0 Å². The molecule has 1 aromatic heterocycles. The molecule has 0 radical (unpaired) electrons. The summed E-state index contributed by atoms with van der Waals surface area (Å²) in [6, 6.07) is 3.85. The molecule has 4 rings (SSSR count). The molecule has 170 valence electrons. The Balaban J connectivity index is 1.56. The Labute approximate surface area is 192 Å². The van der Waals surface area contributed by atoms with Gasteiger partial charge in [0, 0.05) is 29.1 Å². The summed E-state index contributed by atoms with van der Waals surface area (Å²) in [7, 11) is -4.04. The number of hydrogen-bond acceptors (Lipinski definition) is 6. The summed E-state index contributed by atoms with van der Waals surface area (Å²) in [5, 5.41) is 1.39. The third kappa shape index (κ3) is 4.93. The van der Waals surface area contributed by atoms with E-state index < -0.39 is 44.5 Å². The zero-order valence-corrected chi connectivity index (χ0v) is 19.0. The van der Waals surface area contributed by atoms with Crippen molar-refractivity contribution in [2.75, 3.05) is 13.1 Å². The van der Waals surface area contributed by atoms with Crippen molar-refractivity contribution < 1.29 is 26.3 Å². The Kier molecular flexibility index (Phi) is 6.75. The van der Waals surface area contributed by atoms with Gasteiger partial charge in [0.15, 0.2) is 9.84 Å². The van der Waals surface area contributed by atoms with E-state index in [9.17, 15) is 21.6 Å². The van der Waals surface area contributed by atoms with Crippen molar-refractivity contribution in [2.24, 2.45) is 0 Å². The molecule has 0 bridgehead atoms. The number of thiazole rings is 1. The van der Waals surface area contributed by atoms with Crippen LogP contribution in [0.2, 0.25) is 5.02 Å². The SMILES string of the molecule is O=S(=O)(Cc1cscn1)c1cc(Cl)c(OCc2c(F)ccc(F)c2CN2CCC2)cc1F. The minimum Gasteiger partial charge on any atom is -0.487 e. The van der Waals surface area contributed by atoms with Crippen LogP contribution in [0.5, 0.6) is 5.75 Å². The Morgan fingerprint density at radius 1 is 1.09 bits per heavy atom. The molecule has 0 spiro atoms. The highest BCUT2D eigenvalue weighted by Crippen LogP contribution is 2.33. The van der Waals surface area contributed by atoms with E-state index in [0.717, 1.165) is 43.8 Å². The molecule has 1 fully saturated rings. The molecular weight excluding hydrogens is 485 g/mol. The van der Waals surface area contributed by atoms with Gasteiger partial charge in [-0.2, -0.15) is 0 Å². The van der Waals surface area contributed by atoms with E-state index in [1.165, 1.54) is 16.8 Å². The van der Waals surface area contributed by atoms with Gasteiger partial charge in [-0.05, 0) is 37.7 Å². The average molecular weight is 503 g/mol. The van der Waals surface area contributed by atoms with Gasteiger partial charge < -0.3 is 4.74 Å². The predicted molar refractivity (Wildman–Crippen MR) is 115 cm³/mol. The maximum Gasteiger partial charge on any atom is 0.187 e. The number of ether oxygens (including phenoxy) is 1. The lowest BCUT2D eigenvalue weighted by molar-refractivity contribution is 0.168. The Morgan fingerprint density at radius 3 is 2.44 bits per heavy atom. The molecule has 0 N–H and O–H groups in total. The number of halogens is 4. The third-order valence-corrected chi connectivity index (χ3v) is 7.75. The van der Waals surface area contributed by atoms with E-state index in [1.807, 2.05) is 4.90 Å². The van der Waals surface area contributed by atoms with E-state index in [1.54, 1.807) is 5.38 Å². The molecule has 2 aromatic carbocycles. The highest BCUT2D eigenvalue weighted by Gasteiger charge is 2.24. The summed E-state index contributed by atoms with van der Waals surface area (Å²) >= 11 is 7.36. The monoisotopic (exact) mass is 502 g/mol. The average Bonchev–Trinajstić information content (AvgIpc) is 3.20. The summed E-state index contributed by atoms with van der Waals surface area (Å²) in [6.07, 6.45) is 0.995. The van der Waals surface area contributed by atoms with E-state index in [-0.39, 0.29) is 28.4 Å². The first-order valence-corrected chi connectivity index (χ1v) is 12.6. The molecule has 2 heterocycles. The minimum absolute atomic E-state index is 0.00797. The molecule has 0 saturated carbocycles. The van der Waals surface area contributed by atoms with Gasteiger partial charge >= 0.3 is 0 Å². The van der Waals surface area contributed by atoms with Crippen LogP contribution in [0.1, 0.15) is 23.2 Å². The van der Waals surface area contributed by atoms with Crippen LogP contribution in [0.3, 0.4) is 0 Å². The van der Waals surface area contributed by atoms with Crippen LogP contribution in [0.25, 0.3) is 0 Å². The lowest BCUT2D eigenvalue weighted by atomic mass is 10.0. The largest absolute Gasteiger partial charge is 0.487 e. The number of benzene rings is 2. The third-order valence-electron chi connectivity index (χ3n) is 5.16. The molecule has 5 nitrogen and oxygen atoms in total. The summed E-state index contributed by atoms with van der Waals surface area (Å²) < 4.78 is 74.0. The van der Waals surface area contributed by atoms with Gasteiger partial charge in [-0.15, -0.1) is 11.3 Å². The molecular formula is C21H18ClF3N2O3S2. The zero-order valence-electron chi connectivity index (χ0n) is 16.7. The minimum atomic E-state index is -4.04. The van der Waals surface area contributed by atoms with Crippen LogP contribution in [-0.2, 0) is 28.7 Å². The molecule has 0 atom stereocenters. The number of rotatable bonds is 8. The van der Waals surface area contributed by atoms with Gasteiger partial charge in [-0.1, -0.05) is 11.6 Å². The van der Waals surface area contributed by atoms with E-state index in [4.69, 9.17) is 16.3 Å². The first kappa shape index (κ1) is 23.0. The van der Waals surface area contributed by atoms with Crippen molar-refractivity contribution in [2.45, 2.75) is 30.2 Å². The van der Waals surface area contributed by atoms with E-state index in [2.05, 4.69) is 4.98 Å². The van der Waals surface area contributed by atoms with Gasteiger partial charge in [0.2, 0.25) is 0 Å². The summed E-state index contributed by atoms with van der Waals surface area (Å²) in [5.41, 5.74) is 1.95. The number of hydrogen-bond donors (Lipinski definition) is 0. The Morgan fingerprint density at radius 2 is 1.81 bits per heavy atom. The van der Waals surface area contributed by atoms with E-state index in [0.29, 0.717) is 5.69 Å². The van der Waals surface area contributed by atoms with Gasteiger partial charge in [-0.25, -0.2) is 26.6 Å². The van der Waals surface area contributed by atoms with Gasteiger partial charge in [0.1, 0.15) is 34.7 Å². The van der Waals surface area contributed by atoms with Crippen LogP contribution in [0, 0.1) is 17.5 Å². The first-order valence-electron chi connectivity index (χ1n) is 9.64. The zero-order chi connectivity index (χ0) is 22.9. The summed E-state index contributed by atoms with van der Waals surface area (Å²) in [5.74, 6) is -2.91. The normalized spacial score (nSPS) is 14.4. The lowest BCUT2D eigenvalue weighted by Gasteiger charge is -2.31. The molecule has 0 amide bonds.